The topological polar surface area (TPSA) is 26.3 Å². The molecule has 0 spiro atoms. The molecule has 1 unspecified atom stereocenters. The van der Waals surface area contributed by atoms with Crippen LogP contribution >= 0.6 is 0 Å². The van der Waals surface area contributed by atoms with Gasteiger partial charge in [-0.1, -0.05) is 6.92 Å². The lowest BCUT2D eigenvalue weighted by Crippen LogP contribution is -2.25. The van der Waals surface area contributed by atoms with Gasteiger partial charge in [0.1, 0.15) is 0 Å². The highest BCUT2D eigenvalue weighted by molar-refractivity contribution is 5.78. The molecule has 0 aromatic rings. The number of esters is 1. The van der Waals surface area contributed by atoms with Crippen molar-refractivity contribution in [2.24, 2.45) is 11.3 Å². The molecular weight excluding hydrogens is 128 g/mol. The fourth-order valence-corrected chi connectivity index (χ4v) is 1.37. The molecule has 1 aliphatic rings. The van der Waals surface area contributed by atoms with Crippen LogP contribution in [0.5, 0.6) is 0 Å². The van der Waals surface area contributed by atoms with E-state index in [9.17, 15) is 4.79 Å². The van der Waals surface area contributed by atoms with Gasteiger partial charge in [-0.15, -0.1) is 0 Å². The number of rotatable bonds is 1. The van der Waals surface area contributed by atoms with Crippen LogP contribution in [0.2, 0.25) is 0 Å². The van der Waals surface area contributed by atoms with Gasteiger partial charge in [-0.25, -0.2) is 0 Å². The minimum absolute atomic E-state index is 0.0423. The SMILES string of the molecule is CCC1COC(=O)C1(C)C. The van der Waals surface area contributed by atoms with Crippen molar-refractivity contribution in [3.8, 4) is 0 Å². The first kappa shape index (κ1) is 7.58. The van der Waals surface area contributed by atoms with E-state index < -0.39 is 0 Å². The molecule has 0 saturated carbocycles. The second-order valence-electron chi connectivity index (χ2n) is 3.43. The second kappa shape index (κ2) is 2.26. The third-order valence-corrected chi connectivity index (χ3v) is 2.46. The van der Waals surface area contributed by atoms with Gasteiger partial charge in [0, 0.05) is 5.92 Å². The second-order valence-corrected chi connectivity index (χ2v) is 3.43. The molecule has 1 rings (SSSR count). The van der Waals surface area contributed by atoms with Crippen LogP contribution in [0, 0.1) is 11.3 Å². The predicted molar refractivity (Wildman–Crippen MR) is 38.5 cm³/mol. The Labute approximate surface area is 61.6 Å². The van der Waals surface area contributed by atoms with Crippen LogP contribution in [0.25, 0.3) is 0 Å². The summed E-state index contributed by atoms with van der Waals surface area (Å²) in [4.78, 5) is 11.0. The highest BCUT2D eigenvalue weighted by Gasteiger charge is 2.43. The van der Waals surface area contributed by atoms with E-state index >= 15 is 0 Å². The van der Waals surface area contributed by atoms with Crippen molar-refractivity contribution in [2.45, 2.75) is 27.2 Å². The van der Waals surface area contributed by atoms with Crippen LogP contribution in [0.1, 0.15) is 27.2 Å². The van der Waals surface area contributed by atoms with Crippen LogP contribution in [0.15, 0.2) is 0 Å². The lowest BCUT2D eigenvalue weighted by molar-refractivity contribution is -0.145. The first-order chi connectivity index (χ1) is 4.59. The molecule has 1 saturated heterocycles. The largest absolute Gasteiger partial charge is 0.465 e. The number of carbonyl (C=O) groups is 1. The monoisotopic (exact) mass is 142 g/mol. The quantitative estimate of drug-likeness (QED) is 0.520. The summed E-state index contributed by atoms with van der Waals surface area (Å²) in [5.41, 5.74) is -0.241. The summed E-state index contributed by atoms with van der Waals surface area (Å²) in [6.45, 7) is 6.61. The highest BCUT2D eigenvalue weighted by atomic mass is 16.5. The molecule has 0 bridgehead atoms. The normalized spacial score (nSPS) is 30.3. The maximum atomic E-state index is 11.0. The van der Waals surface area contributed by atoms with Gasteiger partial charge in [0.25, 0.3) is 0 Å². The predicted octanol–water partition coefficient (Wildman–Crippen LogP) is 1.60. The van der Waals surface area contributed by atoms with Crippen molar-refractivity contribution in [1.82, 2.24) is 0 Å². The summed E-state index contributed by atoms with van der Waals surface area (Å²) in [7, 11) is 0. The minimum atomic E-state index is -0.241. The van der Waals surface area contributed by atoms with E-state index in [1.165, 1.54) is 0 Å². The molecule has 0 aliphatic carbocycles. The zero-order valence-electron chi connectivity index (χ0n) is 6.81. The maximum Gasteiger partial charge on any atom is 0.311 e. The number of carbonyl (C=O) groups excluding carboxylic acids is 1. The van der Waals surface area contributed by atoms with E-state index in [1.807, 2.05) is 13.8 Å². The lowest BCUT2D eigenvalue weighted by atomic mass is 9.80. The summed E-state index contributed by atoms with van der Waals surface area (Å²) in [5.74, 6) is 0.374. The molecule has 1 aliphatic heterocycles. The molecule has 1 atom stereocenters. The van der Waals surface area contributed by atoms with Gasteiger partial charge >= 0.3 is 5.97 Å². The Morgan fingerprint density at radius 2 is 2.30 bits per heavy atom. The van der Waals surface area contributed by atoms with Crippen molar-refractivity contribution in [2.75, 3.05) is 6.61 Å². The molecule has 0 amide bonds. The number of ether oxygens (including phenoxy) is 1. The molecule has 0 aromatic carbocycles. The van der Waals surface area contributed by atoms with E-state index in [1.54, 1.807) is 0 Å². The third kappa shape index (κ3) is 0.917. The molecule has 2 nitrogen and oxygen atoms in total. The van der Waals surface area contributed by atoms with E-state index in [4.69, 9.17) is 4.74 Å². The zero-order valence-corrected chi connectivity index (χ0v) is 6.81. The average molecular weight is 142 g/mol. The summed E-state index contributed by atoms with van der Waals surface area (Å²) < 4.78 is 4.93. The Morgan fingerprint density at radius 3 is 2.50 bits per heavy atom. The highest BCUT2D eigenvalue weighted by Crippen LogP contribution is 2.36. The summed E-state index contributed by atoms with van der Waals surface area (Å²) in [6, 6.07) is 0. The minimum Gasteiger partial charge on any atom is -0.465 e. The van der Waals surface area contributed by atoms with Crippen LogP contribution in [-0.2, 0) is 9.53 Å². The number of hydrogen-bond donors (Lipinski definition) is 0. The van der Waals surface area contributed by atoms with Crippen LogP contribution in [0.3, 0.4) is 0 Å². The molecule has 58 valence electrons. The number of hydrogen-bond acceptors (Lipinski definition) is 2. The standard InChI is InChI=1S/C8H14O2/c1-4-6-5-10-7(9)8(6,2)3/h6H,4-5H2,1-3H3. The Kier molecular flexibility index (Phi) is 1.71. The fourth-order valence-electron chi connectivity index (χ4n) is 1.37. The molecule has 2 heteroatoms. The zero-order chi connectivity index (χ0) is 7.78. The van der Waals surface area contributed by atoms with Crippen LogP contribution in [0.4, 0.5) is 0 Å². The van der Waals surface area contributed by atoms with Gasteiger partial charge in [0.05, 0.1) is 12.0 Å². The third-order valence-electron chi connectivity index (χ3n) is 2.46. The molecule has 0 radical (unpaired) electrons. The van der Waals surface area contributed by atoms with Crippen LogP contribution < -0.4 is 0 Å². The maximum absolute atomic E-state index is 11.0. The van der Waals surface area contributed by atoms with Gasteiger partial charge in [-0.2, -0.15) is 0 Å². The molecule has 1 heterocycles. The Hall–Kier alpha value is -0.530. The molecular formula is C8H14O2. The molecule has 10 heavy (non-hydrogen) atoms. The van der Waals surface area contributed by atoms with Gasteiger partial charge in [0.2, 0.25) is 0 Å². The smallest absolute Gasteiger partial charge is 0.311 e. The van der Waals surface area contributed by atoms with E-state index in [-0.39, 0.29) is 11.4 Å². The molecule has 1 fully saturated rings. The van der Waals surface area contributed by atoms with Crippen molar-refractivity contribution in [1.29, 1.82) is 0 Å². The Balaban J connectivity index is 2.73. The summed E-state index contributed by atoms with van der Waals surface area (Å²) in [6.07, 6.45) is 1.03. The van der Waals surface area contributed by atoms with Gasteiger partial charge in [-0.05, 0) is 20.3 Å². The van der Waals surface area contributed by atoms with Crippen molar-refractivity contribution in [3.63, 3.8) is 0 Å². The lowest BCUT2D eigenvalue weighted by Gasteiger charge is -2.18. The van der Waals surface area contributed by atoms with E-state index in [0.717, 1.165) is 6.42 Å². The Bertz CT molecular complexity index is 149. The first-order valence-corrected chi connectivity index (χ1v) is 3.76. The van der Waals surface area contributed by atoms with Crippen molar-refractivity contribution in [3.05, 3.63) is 0 Å². The van der Waals surface area contributed by atoms with E-state index in [2.05, 4.69) is 6.92 Å². The Morgan fingerprint density at radius 1 is 1.70 bits per heavy atom. The molecule has 0 N–H and O–H groups in total. The number of cyclic esters (lactones) is 1. The molecule has 0 aromatic heterocycles. The van der Waals surface area contributed by atoms with Gasteiger partial charge in [-0.3, -0.25) is 4.79 Å². The van der Waals surface area contributed by atoms with E-state index in [0.29, 0.717) is 12.5 Å². The summed E-state index contributed by atoms with van der Waals surface area (Å²) >= 11 is 0. The van der Waals surface area contributed by atoms with Gasteiger partial charge < -0.3 is 4.74 Å². The van der Waals surface area contributed by atoms with Gasteiger partial charge in [0.15, 0.2) is 0 Å². The van der Waals surface area contributed by atoms with Crippen LogP contribution in [-0.4, -0.2) is 12.6 Å². The first-order valence-electron chi connectivity index (χ1n) is 3.76. The van der Waals surface area contributed by atoms with Crippen molar-refractivity contribution < 1.29 is 9.53 Å². The fraction of sp³-hybridized carbons (Fsp3) is 0.875. The summed E-state index contributed by atoms with van der Waals surface area (Å²) in [5, 5.41) is 0. The average Bonchev–Trinajstić information content (AvgIpc) is 2.10. The van der Waals surface area contributed by atoms with Crippen molar-refractivity contribution >= 4 is 5.97 Å².